The normalized spacial score (nSPS) is 20.2. The van der Waals surface area contributed by atoms with Gasteiger partial charge in [-0.05, 0) is 43.7 Å². The van der Waals surface area contributed by atoms with Gasteiger partial charge in [0.15, 0.2) is 0 Å². The van der Waals surface area contributed by atoms with Crippen molar-refractivity contribution >= 4 is 65.4 Å². The smallest absolute Gasteiger partial charge is 0.317 e. The van der Waals surface area contributed by atoms with E-state index in [9.17, 15) is 9.59 Å². The van der Waals surface area contributed by atoms with Crippen LogP contribution >= 0.6 is 23.4 Å². The summed E-state index contributed by atoms with van der Waals surface area (Å²) in [7, 11) is 5.97. The summed E-state index contributed by atoms with van der Waals surface area (Å²) in [6.45, 7) is 6.37. The van der Waals surface area contributed by atoms with Crippen molar-refractivity contribution in [3.8, 4) is 0 Å². The van der Waals surface area contributed by atoms with E-state index in [4.69, 9.17) is 19.4 Å². The SMILES string of the molecule is [B]c1ccc(CN2C(=O)CC(Sc3ccc(C)cc3)(C(=O)N3CCN(C(=O)NCC)CC3)[C@H]2c2c[nH]c3cc(Cl)ccc23)cc1. The number of likely N-dealkylation sites (tertiary alicyclic amines) is 1. The number of amides is 4. The Bertz CT molecular complexity index is 1720. The fourth-order valence-electron chi connectivity index (χ4n) is 6.37. The van der Waals surface area contributed by atoms with Gasteiger partial charge >= 0.3 is 6.03 Å². The van der Waals surface area contributed by atoms with Crippen molar-refractivity contribution in [2.24, 2.45) is 0 Å². The first-order chi connectivity index (χ1) is 21.7. The number of nitrogens with zero attached hydrogens (tertiary/aromatic N) is 3. The number of nitrogens with one attached hydrogen (secondary N) is 2. The van der Waals surface area contributed by atoms with Gasteiger partial charge in [-0.25, -0.2) is 4.79 Å². The van der Waals surface area contributed by atoms with Crippen molar-refractivity contribution in [1.29, 1.82) is 0 Å². The number of piperazine rings is 1. The van der Waals surface area contributed by atoms with Crippen LogP contribution in [0.2, 0.25) is 5.02 Å². The number of hydrogen-bond donors (Lipinski definition) is 2. The van der Waals surface area contributed by atoms with Gasteiger partial charge in [0.05, 0.1) is 12.5 Å². The first kappa shape index (κ1) is 31.1. The van der Waals surface area contributed by atoms with E-state index in [0.717, 1.165) is 32.5 Å². The highest BCUT2D eigenvalue weighted by atomic mass is 35.5. The van der Waals surface area contributed by atoms with Gasteiger partial charge in [-0.2, -0.15) is 0 Å². The summed E-state index contributed by atoms with van der Waals surface area (Å²) in [6.07, 6.45) is 1.94. The lowest BCUT2D eigenvalue weighted by Gasteiger charge is -2.42. The first-order valence-corrected chi connectivity index (χ1v) is 16.4. The fourth-order valence-corrected chi connectivity index (χ4v) is 8.01. The van der Waals surface area contributed by atoms with Crippen molar-refractivity contribution in [1.82, 2.24) is 25.0 Å². The van der Waals surface area contributed by atoms with Crippen molar-refractivity contribution in [2.45, 2.75) is 42.5 Å². The highest BCUT2D eigenvalue weighted by molar-refractivity contribution is 8.01. The van der Waals surface area contributed by atoms with Crippen LogP contribution < -0.4 is 10.8 Å². The second kappa shape index (κ2) is 12.8. The van der Waals surface area contributed by atoms with Crippen LogP contribution in [0.15, 0.2) is 77.8 Å². The van der Waals surface area contributed by atoms with Crippen molar-refractivity contribution in [3.05, 3.63) is 94.6 Å². The Balaban J connectivity index is 1.46. The summed E-state index contributed by atoms with van der Waals surface area (Å²) in [5.41, 5.74) is 4.37. The molecule has 0 spiro atoms. The lowest BCUT2D eigenvalue weighted by Crippen LogP contribution is -2.58. The van der Waals surface area contributed by atoms with Crippen molar-refractivity contribution in [2.75, 3.05) is 32.7 Å². The standard InChI is InChI=1S/C34H35BClN5O3S/c1-3-37-33(44)40-16-14-39(15-17-40)32(43)34(45-26-11-4-22(2)5-12-26)19-30(42)41(21-23-6-8-24(35)9-7-23)31(34)28-20-38-29-18-25(36)10-13-27(28)29/h4-13,18,20,31,38H,3,14-17,19,21H2,1-2H3,(H,37,44)/t31-,34?/m1/s1. The maximum absolute atomic E-state index is 15.0. The lowest BCUT2D eigenvalue weighted by atomic mass is 9.90. The number of urea groups is 1. The number of benzene rings is 3. The van der Waals surface area contributed by atoms with E-state index in [1.807, 2.05) is 96.6 Å². The van der Waals surface area contributed by atoms with Gasteiger partial charge < -0.3 is 25.0 Å². The zero-order valence-electron chi connectivity index (χ0n) is 25.4. The largest absolute Gasteiger partial charge is 0.361 e. The Morgan fingerprint density at radius 2 is 1.71 bits per heavy atom. The van der Waals surface area contributed by atoms with Gasteiger partial charge in [0.25, 0.3) is 0 Å². The summed E-state index contributed by atoms with van der Waals surface area (Å²) in [5.74, 6) is -0.209. The van der Waals surface area contributed by atoms with Crippen molar-refractivity contribution in [3.63, 3.8) is 0 Å². The van der Waals surface area contributed by atoms with Gasteiger partial charge in [0.1, 0.15) is 12.6 Å². The van der Waals surface area contributed by atoms with E-state index in [1.165, 1.54) is 11.8 Å². The number of carbonyl (C=O) groups excluding carboxylic acids is 3. The monoisotopic (exact) mass is 639 g/mol. The molecule has 3 heterocycles. The van der Waals surface area contributed by atoms with Crippen LogP contribution in [0.5, 0.6) is 0 Å². The van der Waals surface area contributed by atoms with Gasteiger partial charge in [-0.1, -0.05) is 65.1 Å². The lowest BCUT2D eigenvalue weighted by molar-refractivity contribution is -0.136. The number of rotatable bonds is 7. The van der Waals surface area contributed by atoms with Crippen LogP contribution in [-0.2, 0) is 16.1 Å². The molecule has 0 bridgehead atoms. The molecule has 2 aliphatic rings. The predicted molar refractivity (Wildman–Crippen MR) is 180 cm³/mol. The van der Waals surface area contributed by atoms with Crippen LogP contribution in [0.1, 0.15) is 36.1 Å². The van der Waals surface area contributed by atoms with Crippen LogP contribution in [0, 0.1) is 6.92 Å². The minimum absolute atomic E-state index is 0.0286. The predicted octanol–water partition coefficient (Wildman–Crippen LogP) is 4.80. The molecule has 6 rings (SSSR count). The second-order valence-corrected chi connectivity index (χ2v) is 13.5. The zero-order valence-corrected chi connectivity index (χ0v) is 27.0. The number of H-pyrrole nitrogens is 1. The quantitative estimate of drug-likeness (QED) is 0.285. The number of aromatic amines is 1. The molecule has 3 aromatic carbocycles. The molecule has 4 aromatic rings. The van der Waals surface area contributed by atoms with E-state index in [1.54, 1.807) is 4.90 Å². The maximum atomic E-state index is 15.0. The molecule has 230 valence electrons. The summed E-state index contributed by atoms with van der Waals surface area (Å²) < 4.78 is -1.18. The maximum Gasteiger partial charge on any atom is 0.317 e. The van der Waals surface area contributed by atoms with Crippen molar-refractivity contribution < 1.29 is 14.4 Å². The number of aromatic nitrogens is 1. The van der Waals surface area contributed by atoms with E-state index in [-0.39, 0.29) is 24.3 Å². The molecule has 1 unspecified atom stereocenters. The van der Waals surface area contributed by atoms with Crippen LogP contribution in [0.4, 0.5) is 4.79 Å². The topological polar surface area (TPSA) is 88.8 Å². The van der Waals surface area contributed by atoms with Crippen LogP contribution in [0.25, 0.3) is 10.9 Å². The second-order valence-electron chi connectivity index (χ2n) is 11.7. The van der Waals surface area contributed by atoms with Gasteiger partial charge in [-0.15, -0.1) is 11.8 Å². The van der Waals surface area contributed by atoms with E-state index in [0.29, 0.717) is 49.8 Å². The summed E-state index contributed by atoms with van der Waals surface area (Å²) in [5, 5.41) is 4.35. The molecule has 4 amide bonds. The van der Waals surface area contributed by atoms with Gasteiger partial charge in [0, 0.05) is 71.8 Å². The molecule has 0 aliphatic carbocycles. The molecule has 11 heteroatoms. The highest BCUT2D eigenvalue weighted by Gasteiger charge is 2.59. The van der Waals surface area contributed by atoms with E-state index < -0.39 is 10.8 Å². The molecule has 2 saturated heterocycles. The highest BCUT2D eigenvalue weighted by Crippen LogP contribution is 2.55. The molecular formula is C34H35BClN5O3S. The van der Waals surface area contributed by atoms with Gasteiger partial charge in [-0.3, -0.25) is 9.59 Å². The van der Waals surface area contributed by atoms with Gasteiger partial charge in [0.2, 0.25) is 11.8 Å². The minimum atomic E-state index is -1.18. The molecule has 2 fully saturated rings. The average molecular weight is 640 g/mol. The number of halogens is 1. The first-order valence-electron chi connectivity index (χ1n) is 15.2. The Morgan fingerprint density at radius 3 is 2.40 bits per heavy atom. The minimum Gasteiger partial charge on any atom is -0.361 e. The van der Waals surface area contributed by atoms with E-state index >= 15 is 4.79 Å². The third-order valence-electron chi connectivity index (χ3n) is 8.66. The summed E-state index contributed by atoms with van der Waals surface area (Å²) in [6, 6.07) is 20.5. The molecule has 2 atom stereocenters. The Labute approximate surface area is 273 Å². The number of fused-ring (bicyclic) bond motifs is 1. The molecule has 2 aliphatic heterocycles. The average Bonchev–Trinajstić information content (AvgIpc) is 3.56. The van der Waals surface area contributed by atoms with Crippen LogP contribution in [-0.4, -0.2) is 82.8 Å². The number of thioether (sulfide) groups is 1. The Morgan fingerprint density at radius 1 is 1.02 bits per heavy atom. The molecule has 1 aromatic heterocycles. The third kappa shape index (κ3) is 6.18. The molecule has 0 saturated carbocycles. The van der Waals surface area contributed by atoms with Crippen LogP contribution in [0.3, 0.4) is 0 Å². The number of carbonyl (C=O) groups is 3. The molecule has 8 nitrogen and oxygen atoms in total. The number of hydrogen-bond acceptors (Lipinski definition) is 4. The summed E-state index contributed by atoms with van der Waals surface area (Å²) >= 11 is 7.81. The van der Waals surface area contributed by atoms with E-state index in [2.05, 4.69) is 10.3 Å². The zero-order chi connectivity index (χ0) is 31.7. The molecule has 2 radical (unpaired) electrons. The molecule has 2 N–H and O–H groups in total. The third-order valence-corrected chi connectivity index (χ3v) is 10.3. The number of aryl methyl sites for hydroxylation is 1. The molecule has 45 heavy (non-hydrogen) atoms. The molecular weight excluding hydrogens is 605 g/mol. The Kier molecular flexibility index (Phi) is 8.88. The summed E-state index contributed by atoms with van der Waals surface area (Å²) in [4.78, 5) is 51.5. The fraction of sp³-hybridized carbons (Fsp3) is 0.324. The Hall–Kier alpha value is -3.89.